The van der Waals surface area contributed by atoms with Gasteiger partial charge in [0.1, 0.15) is 5.82 Å². The molecule has 1 N–H and O–H groups in total. The molecule has 0 radical (unpaired) electrons. The first-order valence-corrected chi connectivity index (χ1v) is 5.84. The highest BCUT2D eigenvalue weighted by Crippen LogP contribution is 2.23. The number of carbonyl (C=O) groups excluding carboxylic acids is 1. The molecule has 1 aliphatic rings. The molecule has 18 heavy (non-hydrogen) atoms. The van der Waals surface area contributed by atoms with Gasteiger partial charge in [-0.15, -0.1) is 0 Å². The topological polar surface area (TPSA) is 57.6 Å². The first kappa shape index (κ1) is 12.8. The molecule has 1 unspecified atom stereocenters. The molecule has 0 saturated carbocycles. The van der Waals surface area contributed by atoms with Crippen LogP contribution in [0.5, 0.6) is 0 Å². The van der Waals surface area contributed by atoms with Gasteiger partial charge in [0.15, 0.2) is 5.78 Å². The number of carboxylic acid groups (broad SMARTS) is 1. The van der Waals surface area contributed by atoms with Gasteiger partial charge in [-0.05, 0) is 24.6 Å². The van der Waals surface area contributed by atoms with E-state index >= 15 is 0 Å². The van der Waals surface area contributed by atoms with Gasteiger partial charge in [0.05, 0.1) is 5.02 Å². The van der Waals surface area contributed by atoms with Gasteiger partial charge >= 0.3 is 6.09 Å². The molecule has 0 bridgehead atoms. The lowest BCUT2D eigenvalue weighted by Crippen LogP contribution is -2.28. The molecule has 96 valence electrons. The van der Waals surface area contributed by atoms with Gasteiger partial charge in [-0.1, -0.05) is 11.6 Å². The lowest BCUT2D eigenvalue weighted by atomic mass is 9.97. The molecule has 1 atom stereocenters. The second-order valence-corrected chi connectivity index (χ2v) is 4.61. The Balaban J connectivity index is 2.12. The third-order valence-electron chi connectivity index (χ3n) is 3.03. The van der Waals surface area contributed by atoms with Crippen LogP contribution in [0.4, 0.5) is 9.18 Å². The number of halogens is 2. The molecule has 4 nitrogen and oxygen atoms in total. The standard InChI is InChI=1S/C12H11ClFNO3/c13-9-2-1-7(5-10(9)14)11(16)8-3-4-15(6-8)12(17)18/h1-2,5,8H,3-4,6H2,(H,17,18). The van der Waals surface area contributed by atoms with Crippen molar-refractivity contribution in [2.75, 3.05) is 13.1 Å². The van der Waals surface area contributed by atoms with Crippen molar-refractivity contribution in [2.45, 2.75) is 6.42 Å². The first-order chi connectivity index (χ1) is 8.49. The van der Waals surface area contributed by atoms with Crippen molar-refractivity contribution < 1.29 is 19.1 Å². The van der Waals surface area contributed by atoms with E-state index in [0.717, 1.165) is 6.07 Å². The molecule has 0 aromatic heterocycles. The molecule has 1 saturated heterocycles. The minimum Gasteiger partial charge on any atom is -0.465 e. The summed E-state index contributed by atoms with van der Waals surface area (Å²) < 4.78 is 13.2. The van der Waals surface area contributed by atoms with Gasteiger partial charge in [0.25, 0.3) is 0 Å². The summed E-state index contributed by atoms with van der Waals surface area (Å²) in [6.07, 6.45) is -0.567. The predicted molar refractivity (Wildman–Crippen MR) is 63.4 cm³/mol. The zero-order valence-electron chi connectivity index (χ0n) is 9.40. The highest BCUT2D eigenvalue weighted by atomic mass is 35.5. The van der Waals surface area contributed by atoms with Crippen LogP contribution in [-0.2, 0) is 0 Å². The maximum Gasteiger partial charge on any atom is 0.407 e. The normalized spacial score (nSPS) is 19.0. The van der Waals surface area contributed by atoms with Crippen LogP contribution >= 0.6 is 11.6 Å². The molecule has 1 heterocycles. The second-order valence-electron chi connectivity index (χ2n) is 4.21. The average molecular weight is 272 g/mol. The van der Waals surface area contributed by atoms with Crippen LogP contribution < -0.4 is 0 Å². The summed E-state index contributed by atoms with van der Waals surface area (Å²) in [5, 5.41) is 8.76. The number of rotatable bonds is 2. The van der Waals surface area contributed by atoms with Gasteiger partial charge < -0.3 is 10.0 Å². The minimum atomic E-state index is -1.03. The maximum atomic E-state index is 13.2. The number of hydrogen-bond donors (Lipinski definition) is 1. The fourth-order valence-corrected chi connectivity index (χ4v) is 2.15. The molecule has 2 rings (SSSR count). The van der Waals surface area contributed by atoms with Gasteiger partial charge in [-0.3, -0.25) is 4.79 Å². The van der Waals surface area contributed by atoms with E-state index in [1.54, 1.807) is 0 Å². The van der Waals surface area contributed by atoms with Crippen molar-refractivity contribution in [3.63, 3.8) is 0 Å². The third kappa shape index (κ3) is 2.46. The highest BCUT2D eigenvalue weighted by molar-refractivity contribution is 6.30. The Morgan fingerprint density at radius 1 is 1.44 bits per heavy atom. The zero-order chi connectivity index (χ0) is 13.3. The molecule has 1 amide bonds. The van der Waals surface area contributed by atoms with Crippen molar-refractivity contribution in [3.8, 4) is 0 Å². The Labute approximate surface area is 108 Å². The smallest absolute Gasteiger partial charge is 0.407 e. The van der Waals surface area contributed by atoms with Crippen LogP contribution in [0.1, 0.15) is 16.8 Å². The van der Waals surface area contributed by atoms with Crippen molar-refractivity contribution >= 4 is 23.5 Å². The average Bonchev–Trinajstić information content (AvgIpc) is 2.81. The van der Waals surface area contributed by atoms with Crippen molar-refractivity contribution in [1.29, 1.82) is 0 Å². The molecule has 0 spiro atoms. The summed E-state index contributed by atoms with van der Waals surface area (Å²) in [5.41, 5.74) is 0.231. The maximum absolute atomic E-state index is 13.2. The number of likely N-dealkylation sites (tertiary alicyclic amines) is 1. The van der Waals surface area contributed by atoms with Gasteiger partial charge in [0.2, 0.25) is 0 Å². The van der Waals surface area contributed by atoms with E-state index in [1.807, 2.05) is 0 Å². The molecule has 1 fully saturated rings. The van der Waals surface area contributed by atoms with Gasteiger partial charge in [-0.2, -0.15) is 0 Å². The quantitative estimate of drug-likeness (QED) is 0.842. The largest absolute Gasteiger partial charge is 0.465 e. The number of hydrogen-bond acceptors (Lipinski definition) is 2. The predicted octanol–water partition coefficient (Wildman–Crippen LogP) is 2.66. The Kier molecular flexibility index (Phi) is 3.52. The van der Waals surface area contributed by atoms with Crippen LogP contribution in [0.25, 0.3) is 0 Å². The molecule has 1 aromatic rings. The van der Waals surface area contributed by atoms with E-state index < -0.39 is 17.8 Å². The van der Waals surface area contributed by atoms with E-state index in [0.29, 0.717) is 13.0 Å². The summed E-state index contributed by atoms with van der Waals surface area (Å²) in [5.74, 6) is -1.29. The van der Waals surface area contributed by atoms with Crippen molar-refractivity contribution in [3.05, 3.63) is 34.6 Å². The molecule has 1 aromatic carbocycles. The Hall–Kier alpha value is -1.62. The number of amides is 1. The molecule has 1 aliphatic heterocycles. The summed E-state index contributed by atoms with van der Waals surface area (Å²) in [7, 11) is 0. The van der Waals surface area contributed by atoms with E-state index in [2.05, 4.69) is 0 Å². The first-order valence-electron chi connectivity index (χ1n) is 5.46. The lowest BCUT2D eigenvalue weighted by Gasteiger charge is -2.11. The zero-order valence-corrected chi connectivity index (χ0v) is 10.2. The third-order valence-corrected chi connectivity index (χ3v) is 3.34. The van der Waals surface area contributed by atoms with Crippen LogP contribution in [0.2, 0.25) is 5.02 Å². The fraction of sp³-hybridized carbons (Fsp3) is 0.333. The van der Waals surface area contributed by atoms with E-state index in [4.69, 9.17) is 16.7 Å². The second kappa shape index (κ2) is 4.94. The molecule has 0 aliphatic carbocycles. The summed E-state index contributed by atoms with van der Waals surface area (Å²) in [4.78, 5) is 24.0. The Morgan fingerprint density at radius 2 is 2.17 bits per heavy atom. The fourth-order valence-electron chi connectivity index (χ4n) is 2.03. The molecular weight excluding hydrogens is 261 g/mol. The summed E-state index contributed by atoms with van der Waals surface area (Å²) >= 11 is 5.54. The summed E-state index contributed by atoms with van der Waals surface area (Å²) in [6.45, 7) is 0.500. The minimum absolute atomic E-state index is 0.0369. The van der Waals surface area contributed by atoms with Crippen molar-refractivity contribution in [1.82, 2.24) is 4.90 Å². The molecule has 6 heteroatoms. The van der Waals surface area contributed by atoms with Gasteiger partial charge in [-0.25, -0.2) is 9.18 Å². The van der Waals surface area contributed by atoms with E-state index in [1.165, 1.54) is 17.0 Å². The number of nitrogens with zero attached hydrogens (tertiary/aromatic N) is 1. The highest BCUT2D eigenvalue weighted by Gasteiger charge is 2.31. The van der Waals surface area contributed by atoms with E-state index in [-0.39, 0.29) is 22.9 Å². The van der Waals surface area contributed by atoms with Crippen LogP contribution in [-0.4, -0.2) is 35.0 Å². The van der Waals surface area contributed by atoms with Crippen LogP contribution in [0, 0.1) is 11.7 Å². The van der Waals surface area contributed by atoms with E-state index in [9.17, 15) is 14.0 Å². The lowest BCUT2D eigenvalue weighted by molar-refractivity contribution is 0.0921. The monoisotopic (exact) mass is 271 g/mol. The van der Waals surface area contributed by atoms with Crippen LogP contribution in [0.3, 0.4) is 0 Å². The number of benzene rings is 1. The van der Waals surface area contributed by atoms with Crippen molar-refractivity contribution in [2.24, 2.45) is 5.92 Å². The Morgan fingerprint density at radius 3 is 2.72 bits per heavy atom. The molecular formula is C12H11ClFNO3. The number of carbonyl (C=O) groups is 2. The van der Waals surface area contributed by atoms with Gasteiger partial charge in [0, 0.05) is 24.6 Å². The SMILES string of the molecule is O=C(c1ccc(Cl)c(F)c1)C1CCN(C(=O)O)C1. The summed E-state index contributed by atoms with van der Waals surface area (Å²) in [6, 6.07) is 3.87. The number of ketones is 1. The van der Waals surface area contributed by atoms with Crippen LogP contribution in [0.15, 0.2) is 18.2 Å². The Bertz CT molecular complexity index is 506. The number of Topliss-reactive ketones (excluding diaryl/α,β-unsaturated/α-hetero) is 1.